The molecule has 170 valence electrons. The van der Waals surface area contributed by atoms with Crippen LogP contribution in [0.1, 0.15) is 12.6 Å². The normalized spacial score (nSPS) is 18.8. The summed E-state index contributed by atoms with van der Waals surface area (Å²) in [5, 5.41) is 9.47. The van der Waals surface area contributed by atoms with Crippen LogP contribution >= 0.6 is 22.9 Å². The third kappa shape index (κ3) is 5.46. The molecule has 0 spiro atoms. The number of nitrogens with zero attached hydrogens (tertiary/aromatic N) is 3. The number of alkyl halides is 1. The van der Waals surface area contributed by atoms with E-state index >= 15 is 0 Å². The van der Waals surface area contributed by atoms with E-state index < -0.39 is 51.8 Å². The van der Waals surface area contributed by atoms with Crippen LogP contribution < -0.4 is 10.6 Å². The van der Waals surface area contributed by atoms with Gasteiger partial charge in [0.1, 0.15) is 24.7 Å². The molecule has 0 aromatic carbocycles. The van der Waals surface area contributed by atoms with Gasteiger partial charge in [-0.2, -0.15) is 12.7 Å². The quantitative estimate of drug-likeness (QED) is 0.0924. The number of nitrogens with one attached hydrogen (secondary N) is 2. The highest BCUT2D eigenvalue weighted by Gasteiger charge is 2.58. The van der Waals surface area contributed by atoms with Gasteiger partial charge in [0.2, 0.25) is 5.91 Å². The molecule has 1 fully saturated rings. The third-order valence-electron chi connectivity index (χ3n) is 3.63. The lowest BCUT2D eigenvalue weighted by Gasteiger charge is -2.42. The van der Waals surface area contributed by atoms with E-state index in [0.29, 0.717) is 0 Å². The Morgan fingerprint density at radius 2 is 2.10 bits per heavy atom. The second-order valence-corrected chi connectivity index (χ2v) is 8.02. The molecule has 1 aromatic rings. The van der Waals surface area contributed by atoms with Gasteiger partial charge in [-0.05, 0) is 6.92 Å². The first-order chi connectivity index (χ1) is 14.5. The molecule has 31 heavy (non-hydrogen) atoms. The number of hydrogen-bond acceptors (Lipinski definition) is 11. The van der Waals surface area contributed by atoms with E-state index in [0.717, 1.165) is 18.4 Å². The first-order valence-corrected chi connectivity index (χ1v) is 11.1. The molecule has 0 bridgehead atoms. The van der Waals surface area contributed by atoms with Gasteiger partial charge in [0.25, 0.3) is 11.8 Å². The number of thiazole rings is 1. The number of carbonyl (C=O) groups excluding carboxylic acids is 4. The van der Waals surface area contributed by atoms with E-state index in [2.05, 4.69) is 25.6 Å². The molecule has 1 saturated heterocycles. The van der Waals surface area contributed by atoms with Gasteiger partial charge in [-0.3, -0.25) is 18.9 Å². The predicted octanol–water partition coefficient (Wildman–Crippen LogP) is -1.27. The average molecular weight is 498 g/mol. The molecule has 2 atom stereocenters. The van der Waals surface area contributed by atoms with Crippen LogP contribution in [0.25, 0.3) is 0 Å². The first kappa shape index (κ1) is 24.4. The number of carbonyl (C=O) groups is 4. The van der Waals surface area contributed by atoms with Crippen molar-refractivity contribution < 1.29 is 41.7 Å². The summed E-state index contributed by atoms with van der Waals surface area (Å²) in [6, 6.07) is -3.48. The lowest BCUT2D eigenvalue weighted by atomic mass is 9.98. The lowest BCUT2D eigenvalue weighted by molar-refractivity contribution is -0.163. The van der Waals surface area contributed by atoms with E-state index in [1.807, 2.05) is 0 Å². The highest BCUT2D eigenvalue weighted by Crippen LogP contribution is 2.25. The topological polar surface area (TPSA) is 194 Å². The third-order valence-corrected chi connectivity index (χ3v) is 5.53. The number of oxime groups is 1. The van der Waals surface area contributed by atoms with Gasteiger partial charge in [-0.15, -0.1) is 22.9 Å². The molecule has 3 amide bonds. The first-order valence-electron chi connectivity index (χ1n) is 8.26. The van der Waals surface area contributed by atoms with E-state index in [1.165, 1.54) is 12.3 Å². The van der Waals surface area contributed by atoms with Gasteiger partial charge in [0, 0.05) is 5.38 Å². The summed E-state index contributed by atoms with van der Waals surface area (Å²) in [5.41, 5.74) is -0.494. The van der Waals surface area contributed by atoms with Crippen molar-refractivity contribution in [3.63, 3.8) is 0 Å². The predicted molar refractivity (Wildman–Crippen MR) is 106 cm³/mol. The van der Waals surface area contributed by atoms with Gasteiger partial charge in [-0.25, -0.2) is 9.78 Å². The van der Waals surface area contributed by atoms with E-state index in [1.54, 1.807) is 0 Å². The molecule has 2 heterocycles. The highest BCUT2D eigenvalue weighted by atomic mass is 35.5. The number of amides is 3. The Bertz CT molecular complexity index is 1030. The standard InChI is InChI=1S/C14H16ClN5O9S2/c1-3-29-13(24)10-9(12(23)20(10)31(25,26)27)18-11(22)8(19-28-2)6-5-30-14(16-6)17-7(21)4-15/h5,9-10H,3-4H2,1-2H3,(H,18,22)(H,16,17,21)(H,25,26,27)/b19-8-/t9-,10-/m1/s1. The van der Waals surface area contributed by atoms with Gasteiger partial charge < -0.3 is 20.2 Å². The Morgan fingerprint density at radius 1 is 1.42 bits per heavy atom. The summed E-state index contributed by atoms with van der Waals surface area (Å²) in [5.74, 6) is -4.34. The summed E-state index contributed by atoms with van der Waals surface area (Å²) in [7, 11) is -3.94. The van der Waals surface area contributed by atoms with Crippen LogP contribution in [-0.4, -0.2) is 83.3 Å². The fraction of sp³-hybridized carbons (Fsp3) is 0.429. The second kappa shape index (κ2) is 9.99. The number of halogens is 1. The molecule has 0 radical (unpaired) electrons. The Morgan fingerprint density at radius 3 is 2.65 bits per heavy atom. The molecule has 2 rings (SSSR count). The number of hydrogen-bond donors (Lipinski definition) is 3. The van der Waals surface area contributed by atoms with Crippen molar-refractivity contribution in [2.75, 3.05) is 24.9 Å². The lowest BCUT2D eigenvalue weighted by Crippen LogP contribution is -2.75. The molecule has 1 aliphatic rings. The number of esters is 1. The fourth-order valence-electron chi connectivity index (χ4n) is 2.42. The number of anilines is 1. The van der Waals surface area contributed by atoms with Crippen LogP contribution in [0.4, 0.5) is 5.13 Å². The zero-order valence-corrected chi connectivity index (χ0v) is 18.3. The zero-order chi connectivity index (χ0) is 23.3. The van der Waals surface area contributed by atoms with Gasteiger partial charge in [0.05, 0.1) is 6.61 Å². The SMILES string of the molecule is CCOC(=O)[C@H]1[C@@H](NC(=O)/C(=N\OC)c2csc(NC(=O)CCl)n2)C(=O)N1S(=O)(=O)O. The van der Waals surface area contributed by atoms with Gasteiger partial charge in [-0.1, -0.05) is 5.16 Å². The molecule has 0 aliphatic carbocycles. The Kier molecular flexibility index (Phi) is 7.88. The number of aromatic nitrogens is 1. The molecule has 1 aromatic heterocycles. The van der Waals surface area contributed by atoms with Crippen LogP contribution in [0.5, 0.6) is 0 Å². The van der Waals surface area contributed by atoms with Gasteiger partial charge in [0.15, 0.2) is 16.9 Å². The van der Waals surface area contributed by atoms with Crippen LogP contribution in [0.2, 0.25) is 0 Å². The summed E-state index contributed by atoms with van der Waals surface area (Å²) in [4.78, 5) is 56.8. The highest BCUT2D eigenvalue weighted by molar-refractivity contribution is 7.84. The van der Waals surface area contributed by atoms with Crippen LogP contribution in [0.15, 0.2) is 10.5 Å². The maximum Gasteiger partial charge on any atom is 0.363 e. The largest absolute Gasteiger partial charge is 0.464 e. The minimum absolute atomic E-state index is 0.0553. The number of ether oxygens (including phenoxy) is 1. The molecule has 17 heteroatoms. The average Bonchev–Trinajstić information content (AvgIpc) is 3.14. The Hall–Kier alpha value is -2.82. The smallest absolute Gasteiger partial charge is 0.363 e. The van der Waals surface area contributed by atoms with Crippen molar-refractivity contribution >= 4 is 67.8 Å². The summed E-state index contributed by atoms with van der Waals surface area (Å²) in [6.45, 7) is 1.30. The molecule has 0 unspecified atom stereocenters. The number of rotatable bonds is 9. The Balaban J connectivity index is 2.25. The summed E-state index contributed by atoms with van der Waals surface area (Å²) in [6.07, 6.45) is 0. The molecular weight excluding hydrogens is 482 g/mol. The molecule has 1 aliphatic heterocycles. The molecule has 3 N–H and O–H groups in total. The molecular formula is C14H16ClN5O9S2. The van der Waals surface area contributed by atoms with Gasteiger partial charge >= 0.3 is 16.3 Å². The van der Waals surface area contributed by atoms with Crippen LogP contribution in [0.3, 0.4) is 0 Å². The van der Waals surface area contributed by atoms with E-state index in [-0.39, 0.29) is 27.6 Å². The monoisotopic (exact) mass is 497 g/mol. The second-order valence-electron chi connectivity index (χ2n) is 5.60. The van der Waals surface area contributed by atoms with Crippen molar-refractivity contribution in [3.8, 4) is 0 Å². The molecule has 14 nitrogen and oxygen atoms in total. The van der Waals surface area contributed by atoms with Crippen LogP contribution in [-0.2, 0) is 39.1 Å². The summed E-state index contributed by atoms with van der Waals surface area (Å²) >= 11 is 6.33. The minimum atomic E-state index is -5.07. The Labute approximate surface area is 184 Å². The fourth-order valence-corrected chi connectivity index (χ4v) is 4.03. The van der Waals surface area contributed by atoms with Crippen molar-refractivity contribution in [1.29, 1.82) is 0 Å². The number of β-lactam (4-membered cyclic amide) rings is 1. The van der Waals surface area contributed by atoms with Crippen molar-refractivity contribution in [2.45, 2.75) is 19.0 Å². The summed E-state index contributed by atoms with van der Waals surface area (Å²) < 4.78 is 36.6. The van der Waals surface area contributed by atoms with E-state index in [4.69, 9.17) is 16.3 Å². The zero-order valence-electron chi connectivity index (χ0n) is 15.9. The maximum absolute atomic E-state index is 12.7. The van der Waals surface area contributed by atoms with Crippen molar-refractivity contribution in [2.24, 2.45) is 5.16 Å². The maximum atomic E-state index is 12.7. The van der Waals surface area contributed by atoms with Crippen molar-refractivity contribution in [3.05, 3.63) is 11.1 Å². The van der Waals surface area contributed by atoms with Crippen LogP contribution in [0, 0.1) is 0 Å². The van der Waals surface area contributed by atoms with Crippen molar-refractivity contribution in [1.82, 2.24) is 14.6 Å². The minimum Gasteiger partial charge on any atom is -0.464 e. The van der Waals surface area contributed by atoms with E-state index in [9.17, 15) is 32.1 Å². The molecule has 0 saturated carbocycles.